The van der Waals surface area contributed by atoms with Crippen LogP contribution in [0.2, 0.25) is 0 Å². The first-order valence-corrected chi connectivity index (χ1v) is 20.1. The van der Waals surface area contributed by atoms with Gasteiger partial charge in [0.1, 0.15) is 23.1 Å². The van der Waals surface area contributed by atoms with E-state index in [1.807, 2.05) is 91.0 Å². The molecule has 6 aromatic rings. The van der Waals surface area contributed by atoms with Gasteiger partial charge in [-0.3, -0.25) is 24.0 Å². The maximum atomic E-state index is 15.7. The molecule has 0 atom stereocenters. The fourth-order valence-corrected chi connectivity index (χ4v) is 7.85. The van der Waals surface area contributed by atoms with E-state index in [0.29, 0.717) is 43.1 Å². The number of unbranched alkanes of at least 4 members (excludes halogenated alkanes) is 2. The largest absolute Gasteiger partial charge is 0.419 e. The van der Waals surface area contributed by atoms with Crippen LogP contribution in [0.3, 0.4) is 0 Å². The van der Waals surface area contributed by atoms with Crippen molar-refractivity contribution < 1.29 is 32.0 Å². The summed E-state index contributed by atoms with van der Waals surface area (Å²) in [4.78, 5) is 39.0. The summed E-state index contributed by atoms with van der Waals surface area (Å²) in [5.74, 6) is -1.51. The van der Waals surface area contributed by atoms with Crippen LogP contribution in [0, 0.1) is 17.1 Å². The summed E-state index contributed by atoms with van der Waals surface area (Å²) in [5.41, 5.74) is 1.54. The lowest BCUT2D eigenvalue weighted by Gasteiger charge is -2.35. The van der Waals surface area contributed by atoms with Crippen LogP contribution >= 0.6 is 12.2 Å². The second kappa shape index (κ2) is 18.0. The average Bonchev–Trinajstić information content (AvgIpc) is 3.81. The van der Waals surface area contributed by atoms with Gasteiger partial charge in [-0.2, -0.15) is 18.4 Å². The molecule has 0 saturated carbocycles. The number of amides is 2. The van der Waals surface area contributed by atoms with Crippen LogP contribution in [0.25, 0.3) is 11.3 Å². The van der Waals surface area contributed by atoms with Gasteiger partial charge in [-0.1, -0.05) is 115 Å². The van der Waals surface area contributed by atoms with Crippen molar-refractivity contribution in [2.24, 2.45) is 0 Å². The molecule has 0 spiro atoms. The maximum absolute atomic E-state index is 15.7. The van der Waals surface area contributed by atoms with Crippen molar-refractivity contribution >= 4 is 34.8 Å². The first kappa shape index (κ1) is 43.3. The Balaban J connectivity index is 0.937. The molecule has 16 heteroatoms. The molecular formula is C46H40F4N8O3S. The Hall–Kier alpha value is -6.83. The molecule has 0 radical (unpaired) electrons. The van der Waals surface area contributed by atoms with E-state index < -0.39 is 40.3 Å². The monoisotopic (exact) mass is 860 g/mol. The zero-order valence-electron chi connectivity index (χ0n) is 33.6. The number of halogens is 4. The van der Waals surface area contributed by atoms with Crippen LogP contribution in [0.15, 0.2) is 128 Å². The molecule has 1 N–H and O–H groups in total. The minimum Gasteiger partial charge on any atom is -0.330 e. The van der Waals surface area contributed by atoms with Crippen molar-refractivity contribution in [1.82, 2.24) is 30.4 Å². The molecule has 4 aromatic carbocycles. The van der Waals surface area contributed by atoms with Gasteiger partial charge in [0.2, 0.25) is 5.91 Å². The highest BCUT2D eigenvalue weighted by Crippen LogP contribution is 2.40. The number of hydrogen-bond donors (Lipinski definition) is 1. The summed E-state index contributed by atoms with van der Waals surface area (Å²) >= 11 is 5.54. The van der Waals surface area contributed by atoms with E-state index in [1.54, 1.807) is 16.9 Å². The molecule has 7 rings (SSSR count). The number of benzene rings is 4. The Bertz CT molecular complexity index is 2520. The Morgan fingerprint density at radius 1 is 0.887 bits per heavy atom. The number of hydrogen-bond acceptors (Lipinski definition) is 8. The van der Waals surface area contributed by atoms with Crippen LogP contribution in [-0.2, 0) is 39.3 Å². The SMILES string of the molecule is CC1(C)C(=O)N(c2cnc(C#N)c(C(F)(F)F)c2)C(=S)N1Cc1ccc(-c2cn(CCCCCC(=O)NOC(c3ccccc3)(c3ccccc3)c3ccccc3)nn2)cc1F. The van der Waals surface area contributed by atoms with E-state index in [4.69, 9.17) is 22.3 Å². The van der Waals surface area contributed by atoms with Gasteiger partial charge in [-0.05, 0) is 67.7 Å². The number of nitrogens with one attached hydrogen (secondary N) is 1. The minimum atomic E-state index is -4.90. The predicted molar refractivity (Wildman–Crippen MR) is 226 cm³/mol. The smallest absolute Gasteiger partial charge is 0.330 e. The highest BCUT2D eigenvalue weighted by molar-refractivity contribution is 7.80. The van der Waals surface area contributed by atoms with Crippen LogP contribution in [-0.4, -0.2) is 47.3 Å². The zero-order valence-corrected chi connectivity index (χ0v) is 34.5. The molecule has 0 unspecified atom stereocenters. The molecule has 1 aliphatic heterocycles. The summed E-state index contributed by atoms with van der Waals surface area (Å²) in [6, 6.07) is 35.8. The van der Waals surface area contributed by atoms with Crippen molar-refractivity contribution in [3.63, 3.8) is 0 Å². The van der Waals surface area contributed by atoms with Gasteiger partial charge in [-0.25, -0.2) is 14.9 Å². The van der Waals surface area contributed by atoms with E-state index in [9.17, 15) is 22.8 Å². The van der Waals surface area contributed by atoms with Gasteiger partial charge in [0.15, 0.2) is 16.4 Å². The standard InChI is InChI=1S/C46H40F4N8O3S/c1-44(2)42(60)58(36-26-37(46(48,49)50)39(27-51)52-28-36)43(62)57(44)29-32-23-22-31(25-38(32)47)40-30-56(55-53-40)24-14-6-13-21-41(59)54-61-45(33-15-7-3-8-16-33,34-17-9-4-10-18-34)35-19-11-5-12-20-35/h3-5,7-12,15-20,22-23,25-26,28,30H,6,13-14,21,24,29H2,1-2H3,(H,54,59). The Morgan fingerprint density at radius 3 is 2.06 bits per heavy atom. The van der Waals surface area contributed by atoms with Gasteiger partial charge in [-0.15, -0.1) is 5.10 Å². The van der Waals surface area contributed by atoms with Crippen molar-refractivity contribution in [2.75, 3.05) is 4.90 Å². The third-order valence-corrected chi connectivity index (χ3v) is 11.1. The number of carbonyl (C=O) groups is 2. The van der Waals surface area contributed by atoms with Crippen LogP contribution < -0.4 is 10.4 Å². The zero-order chi connectivity index (χ0) is 44.1. The summed E-state index contributed by atoms with van der Waals surface area (Å²) in [6.45, 7) is 3.41. The number of nitrogens with zero attached hydrogens (tertiary/aromatic N) is 7. The lowest BCUT2D eigenvalue weighted by atomic mass is 9.80. The van der Waals surface area contributed by atoms with Gasteiger partial charge >= 0.3 is 6.18 Å². The summed E-state index contributed by atoms with van der Waals surface area (Å²) in [7, 11) is 0. The molecule has 1 fully saturated rings. The van der Waals surface area contributed by atoms with E-state index in [1.165, 1.54) is 36.9 Å². The quantitative estimate of drug-likeness (QED) is 0.0354. The van der Waals surface area contributed by atoms with Crippen molar-refractivity contribution in [2.45, 2.75) is 69.9 Å². The second-order valence-electron chi connectivity index (χ2n) is 15.2. The number of rotatable bonds is 15. The van der Waals surface area contributed by atoms with E-state index in [-0.39, 0.29) is 35.2 Å². The topological polar surface area (TPSA) is 129 Å². The third-order valence-electron chi connectivity index (χ3n) is 10.7. The number of aromatic nitrogens is 4. The number of aryl methyl sites for hydroxylation is 1. The van der Waals surface area contributed by atoms with E-state index in [2.05, 4.69) is 20.8 Å². The number of thiocarbonyl (C=S) groups is 1. The van der Waals surface area contributed by atoms with Crippen LogP contribution in [0.5, 0.6) is 0 Å². The predicted octanol–water partition coefficient (Wildman–Crippen LogP) is 8.88. The van der Waals surface area contributed by atoms with Gasteiger partial charge in [0.05, 0.1) is 23.6 Å². The number of carbonyl (C=O) groups excluding carboxylic acids is 2. The van der Waals surface area contributed by atoms with Crippen LogP contribution in [0.4, 0.5) is 23.2 Å². The maximum Gasteiger partial charge on any atom is 0.419 e. The average molecular weight is 861 g/mol. The molecule has 1 saturated heterocycles. The first-order chi connectivity index (χ1) is 29.7. The highest BCUT2D eigenvalue weighted by Gasteiger charge is 2.50. The van der Waals surface area contributed by atoms with E-state index in [0.717, 1.165) is 27.8 Å². The first-order valence-electron chi connectivity index (χ1n) is 19.7. The van der Waals surface area contributed by atoms with Gasteiger partial charge < -0.3 is 4.90 Å². The van der Waals surface area contributed by atoms with Crippen molar-refractivity contribution in [1.29, 1.82) is 5.26 Å². The molecule has 2 amide bonds. The van der Waals surface area contributed by atoms with Crippen LogP contribution in [0.1, 0.15) is 73.0 Å². The third kappa shape index (κ3) is 8.81. The molecule has 0 aliphatic carbocycles. The fourth-order valence-electron chi connectivity index (χ4n) is 7.37. The summed E-state index contributed by atoms with van der Waals surface area (Å²) < 4.78 is 58.4. The molecule has 11 nitrogen and oxygen atoms in total. The summed E-state index contributed by atoms with van der Waals surface area (Å²) in [6.07, 6.45) is 0.0196. The second-order valence-corrected chi connectivity index (χ2v) is 15.5. The number of hydroxylamine groups is 1. The molecule has 0 bridgehead atoms. The fraction of sp³-hybridized carbons (Fsp3) is 0.239. The molecule has 3 heterocycles. The Kier molecular flexibility index (Phi) is 12.6. The molecule has 2 aromatic heterocycles. The Labute approximate surface area is 360 Å². The van der Waals surface area contributed by atoms with Crippen molar-refractivity contribution in [3.05, 3.63) is 167 Å². The molecule has 316 valence electrons. The molecule has 1 aliphatic rings. The number of alkyl halides is 3. The lowest BCUT2D eigenvalue weighted by molar-refractivity contribution is -0.143. The molecular weight excluding hydrogens is 821 g/mol. The van der Waals surface area contributed by atoms with Crippen molar-refractivity contribution in [3.8, 4) is 17.3 Å². The highest BCUT2D eigenvalue weighted by atomic mass is 32.1. The summed E-state index contributed by atoms with van der Waals surface area (Å²) in [5, 5.41) is 17.4. The van der Waals surface area contributed by atoms with Gasteiger partial charge in [0.25, 0.3) is 5.91 Å². The van der Waals surface area contributed by atoms with E-state index >= 15 is 4.39 Å². The Morgan fingerprint density at radius 2 is 1.50 bits per heavy atom. The number of anilines is 1. The van der Waals surface area contributed by atoms with Gasteiger partial charge in [0, 0.05) is 30.6 Å². The number of nitriles is 1. The molecule has 62 heavy (non-hydrogen) atoms. The lowest BCUT2D eigenvalue weighted by Crippen LogP contribution is -2.43. The number of pyridine rings is 1. The normalized spacial score (nSPS) is 14.0. The minimum absolute atomic E-state index is 0.142.